The van der Waals surface area contributed by atoms with Gasteiger partial charge in [0, 0.05) is 12.5 Å². The lowest BCUT2D eigenvalue weighted by Gasteiger charge is -2.15. The molecule has 0 aliphatic rings. The van der Waals surface area contributed by atoms with Crippen LogP contribution in [0.5, 0.6) is 0 Å². The van der Waals surface area contributed by atoms with Crippen molar-refractivity contribution in [2.24, 2.45) is 0 Å². The lowest BCUT2D eigenvalue weighted by Crippen LogP contribution is -2.38. The smallest absolute Gasteiger partial charge is 0.321 e. The predicted octanol–water partition coefficient (Wildman–Crippen LogP) is 4.23. The first-order chi connectivity index (χ1) is 14.2. The highest BCUT2D eigenvalue weighted by molar-refractivity contribution is 5.74. The lowest BCUT2D eigenvalue weighted by molar-refractivity contribution is -0.139. The summed E-state index contributed by atoms with van der Waals surface area (Å²) in [6.45, 7) is 5.61. The maximum Gasteiger partial charge on any atom is 0.321 e. The molecular formula is C22H23F2N3O3. The van der Waals surface area contributed by atoms with E-state index in [9.17, 15) is 18.7 Å². The molecule has 1 unspecified atom stereocenters. The van der Waals surface area contributed by atoms with E-state index in [1.165, 1.54) is 18.2 Å². The molecule has 0 radical (unpaired) electrons. The number of hydrogen-bond acceptors (Lipinski definition) is 5. The van der Waals surface area contributed by atoms with Crippen molar-refractivity contribution in [3.8, 4) is 11.4 Å². The Bertz CT molecular complexity index is 1050. The zero-order valence-electron chi connectivity index (χ0n) is 16.9. The van der Waals surface area contributed by atoms with Crippen LogP contribution in [0.4, 0.5) is 8.78 Å². The molecule has 2 aromatic carbocycles. The number of carboxylic acids is 1. The number of carboxylic acid groups (broad SMARTS) is 1. The Morgan fingerprint density at radius 1 is 1.13 bits per heavy atom. The summed E-state index contributed by atoms with van der Waals surface area (Å²) < 4.78 is 33.4. The van der Waals surface area contributed by atoms with Crippen LogP contribution in [0.25, 0.3) is 11.4 Å². The molecule has 6 nitrogen and oxygen atoms in total. The lowest BCUT2D eigenvalue weighted by atomic mass is 10.0. The van der Waals surface area contributed by atoms with Crippen molar-refractivity contribution >= 4 is 5.97 Å². The fourth-order valence-electron chi connectivity index (χ4n) is 2.92. The molecule has 8 heteroatoms. The van der Waals surface area contributed by atoms with Crippen molar-refractivity contribution in [2.75, 3.05) is 0 Å². The summed E-state index contributed by atoms with van der Waals surface area (Å²) in [6.07, 6.45) is 0.0599. The van der Waals surface area contributed by atoms with Crippen molar-refractivity contribution < 1.29 is 23.2 Å². The number of aromatic nitrogens is 2. The zero-order chi connectivity index (χ0) is 21.8. The number of hydrogen-bond donors (Lipinski definition) is 2. The summed E-state index contributed by atoms with van der Waals surface area (Å²) in [5, 5.41) is 16.2. The van der Waals surface area contributed by atoms with Gasteiger partial charge in [0.1, 0.15) is 17.7 Å². The van der Waals surface area contributed by atoms with Gasteiger partial charge >= 0.3 is 5.97 Å². The zero-order valence-corrected chi connectivity index (χ0v) is 16.9. The first kappa shape index (κ1) is 21.6. The molecule has 0 saturated heterocycles. The number of halogens is 2. The second-order valence-corrected chi connectivity index (χ2v) is 7.48. The Kier molecular flexibility index (Phi) is 6.56. The second kappa shape index (κ2) is 9.13. The highest BCUT2D eigenvalue weighted by Crippen LogP contribution is 2.23. The van der Waals surface area contributed by atoms with Gasteiger partial charge in [-0.25, -0.2) is 8.78 Å². The molecule has 0 aliphatic heterocycles. The van der Waals surface area contributed by atoms with Gasteiger partial charge in [0.2, 0.25) is 11.7 Å². The molecule has 3 rings (SSSR count). The number of nitrogens with zero attached hydrogens (tertiary/aromatic N) is 2. The topological polar surface area (TPSA) is 88.3 Å². The fourth-order valence-corrected chi connectivity index (χ4v) is 2.92. The van der Waals surface area contributed by atoms with Gasteiger partial charge in [0.05, 0.1) is 5.56 Å². The number of rotatable bonds is 8. The Balaban J connectivity index is 1.71. The van der Waals surface area contributed by atoms with Crippen LogP contribution in [0.2, 0.25) is 0 Å². The number of carbonyl (C=O) groups is 1. The third-order valence-corrected chi connectivity index (χ3v) is 4.74. The number of nitrogens with one attached hydrogen (secondary N) is 1. The fraction of sp³-hybridized carbons (Fsp3) is 0.318. The third kappa shape index (κ3) is 5.07. The Morgan fingerprint density at radius 3 is 2.43 bits per heavy atom. The van der Waals surface area contributed by atoms with Gasteiger partial charge in [-0.2, -0.15) is 4.98 Å². The van der Waals surface area contributed by atoms with Gasteiger partial charge in [-0.05, 0) is 48.2 Å². The van der Waals surface area contributed by atoms with Crippen LogP contribution < -0.4 is 5.32 Å². The molecule has 0 fully saturated rings. The van der Waals surface area contributed by atoms with Crippen molar-refractivity contribution in [1.82, 2.24) is 15.5 Å². The normalized spacial score (nSPS) is 12.3. The van der Waals surface area contributed by atoms with E-state index in [0.717, 1.165) is 0 Å². The SMILES string of the molecule is Cc1ccc(CNC(Cc2ccc(-c3noc(C(C)C)n3)c(F)c2)C(=O)O)cc1F. The summed E-state index contributed by atoms with van der Waals surface area (Å²) in [5.74, 6) is -1.40. The van der Waals surface area contributed by atoms with E-state index in [2.05, 4.69) is 15.5 Å². The average molecular weight is 415 g/mol. The van der Waals surface area contributed by atoms with Gasteiger partial charge in [0.15, 0.2) is 0 Å². The van der Waals surface area contributed by atoms with Crippen molar-refractivity contribution in [2.45, 2.75) is 45.7 Å². The minimum atomic E-state index is -1.08. The molecule has 1 atom stereocenters. The van der Waals surface area contributed by atoms with E-state index in [0.29, 0.717) is 22.6 Å². The van der Waals surface area contributed by atoms with E-state index < -0.39 is 17.8 Å². The first-order valence-electron chi connectivity index (χ1n) is 9.58. The maximum absolute atomic E-state index is 14.6. The first-order valence-corrected chi connectivity index (χ1v) is 9.58. The summed E-state index contributed by atoms with van der Waals surface area (Å²) in [7, 11) is 0. The summed E-state index contributed by atoms with van der Waals surface area (Å²) >= 11 is 0. The van der Waals surface area contributed by atoms with Crippen LogP contribution in [0.15, 0.2) is 40.9 Å². The van der Waals surface area contributed by atoms with E-state index in [4.69, 9.17) is 4.52 Å². The number of aliphatic carboxylic acids is 1. The average Bonchev–Trinajstić information content (AvgIpc) is 3.18. The molecule has 0 spiro atoms. The minimum absolute atomic E-state index is 0.0259. The molecule has 30 heavy (non-hydrogen) atoms. The Morgan fingerprint density at radius 2 is 1.83 bits per heavy atom. The van der Waals surface area contributed by atoms with Crippen LogP contribution in [-0.4, -0.2) is 27.3 Å². The molecule has 1 aromatic heterocycles. The van der Waals surface area contributed by atoms with Crippen molar-refractivity contribution in [3.63, 3.8) is 0 Å². The van der Waals surface area contributed by atoms with E-state index in [1.54, 1.807) is 25.1 Å². The van der Waals surface area contributed by atoms with Crippen LogP contribution >= 0.6 is 0 Å². The molecule has 0 bridgehead atoms. The van der Waals surface area contributed by atoms with Crippen LogP contribution in [0, 0.1) is 18.6 Å². The molecular weight excluding hydrogens is 392 g/mol. The number of aryl methyl sites for hydroxylation is 1. The third-order valence-electron chi connectivity index (χ3n) is 4.74. The van der Waals surface area contributed by atoms with Gasteiger partial charge < -0.3 is 14.9 Å². The maximum atomic E-state index is 14.6. The van der Waals surface area contributed by atoms with E-state index in [1.807, 2.05) is 13.8 Å². The molecule has 1 heterocycles. The summed E-state index contributed by atoms with van der Waals surface area (Å²) in [5.41, 5.74) is 1.83. The molecule has 0 aliphatic carbocycles. The van der Waals surface area contributed by atoms with Gasteiger partial charge in [0.25, 0.3) is 0 Å². The van der Waals surface area contributed by atoms with Crippen LogP contribution in [0.3, 0.4) is 0 Å². The van der Waals surface area contributed by atoms with Crippen LogP contribution in [0.1, 0.15) is 42.3 Å². The summed E-state index contributed by atoms with van der Waals surface area (Å²) in [6, 6.07) is 8.18. The highest BCUT2D eigenvalue weighted by Gasteiger charge is 2.20. The van der Waals surface area contributed by atoms with Gasteiger partial charge in [-0.15, -0.1) is 0 Å². The molecule has 158 valence electrons. The predicted molar refractivity (Wildman–Crippen MR) is 107 cm³/mol. The van der Waals surface area contributed by atoms with Crippen molar-refractivity contribution in [3.05, 3.63) is 70.6 Å². The Hall–Kier alpha value is -3.13. The largest absolute Gasteiger partial charge is 0.480 e. The second-order valence-electron chi connectivity index (χ2n) is 7.48. The molecule has 3 aromatic rings. The monoisotopic (exact) mass is 415 g/mol. The molecule has 0 amide bonds. The van der Waals surface area contributed by atoms with Gasteiger partial charge in [-0.3, -0.25) is 4.79 Å². The minimum Gasteiger partial charge on any atom is -0.480 e. The van der Waals surface area contributed by atoms with Crippen molar-refractivity contribution in [1.29, 1.82) is 0 Å². The van der Waals surface area contributed by atoms with E-state index in [-0.39, 0.29) is 36.1 Å². The van der Waals surface area contributed by atoms with Crippen LogP contribution in [-0.2, 0) is 17.8 Å². The summed E-state index contributed by atoms with van der Waals surface area (Å²) in [4.78, 5) is 15.8. The Labute approximate surface area is 172 Å². The standard InChI is InChI=1S/C22H23F2N3O3/c1-12(2)21-26-20(27-30-21)16-7-6-14(8-18(16)24)10-19(22(28)29)25-11-15-5-4-13(3)17(23)9-15/h4-9,12,19,25H,10-11H2,1-3H3,(H,28,29). The quantitative estimate of drug-likeness (QED) is 0.572. The molecule has 0 saturated carbocycles. The van der Waals surface area contributed by atoms with E-state index >= 15 is 0 Å². The highest BCUT2D eigenvalue weighted by atomic mass is 19.1. The van der Waals surface area contributed by atoms with Gasteiger partial charge in [-0.1, -0.05) is 37.2 Å². The molecule has 2 N–H and O–H groups in total. The number of benzene rings is 2.